The molecule has 0 atom stereocenters. The number of nitrogens with one attached hydrogen (secondary N) is 2. The quantitative estimate of drug-likeness (QED) is 0.888. The van der Waals surface area contributed by atoms with Crippen molar-refractivity contribution in [3.63, 3.8) is 0 Å². The third kappa shape index (κ3) is 4.23. The molecule has 0 aliphatic carbocycles. The Balaban J connectivity index is 1.50. The number of quaternary nitrogens is 1. The van der Waals surface area contributed by atoms with Crippen LogP contribution in [0.2, 0.25) is 0 Å². The van der Waals surface area contributed by atoms with E-state index in [9.17, 15) is 4.79 Å². The Kier molecular flexibility index (Phi) is 5.33. The normalized spacial score (nSPS) is 19.9. The van der Waals surface area contributed by atoms with Gasteiger partial charge in [0.2, 0.25) is 0 Å². The first-order valence-electron chi connectivity index (χ1n) is 8.80. The molecule has 2 fully saturated rings. The Morgan fingerprint density at radius 1 is 0.955 bits per heavy atom. The Labute approximate surface area is 133 Å². The lowest BCUT2D eigenvalue weighted by atomic mass is 10.1. The van der Waals surface area contributed by atoms with Gasteiger partial charge in [-0.25, -0.2) is 0 Å². The standard InChI is InChI=1S/C18H27N3O/c22-18(15-20-11-3-1-4-12-20)19-16-7-9-17(10-8-16)21-13-5-2-6-14-21/h7-10H,1-6,11-15H2,(H,19,22)/p+1. The van der Waals surface area contributed by atoms with Crippen LogP contribution < -0.4 is 15.1 Å². The van der Waals surface area contributed by atoms with Crippen LogP contribution >= 0.6 is 0 Å². The zero-order chi connectivity index (χ0) is 15.2. The molecule has 2 heterocycles. The summed E-state index contributed by atoms with van der Waals surface area (Å²) in [7, 11) is 0. The van der Waals surface area contributed by atoms with Crippen LogP contribution in [0.25, 0.3) is 0 Å². The van der Waals surface area contributed by atoms with Crippen molar-refractivity contribution in [1.29, 1.82) is 0 Å². The number of piperidine rings is 2. The highest BCUT2D eigenvalue weighted by molar-refractivity contribution is 5.91. The van der Waals surface area contributed by atoms with Crippen LogP contribution in [0.15, 0.2) is 24.3 Å². The molecule has 2 saturated heterocycles. The van der Waals surface area contributed by atoms with Gasteiger partial charge in [0.15, 0.2) is 6.54 Å². The number of nitrogens with zero attached hydrogens (tertiary/aromatic N) is 1. The summed E-state index contributed by atoms with van der Waals surface area (Å²) in [6.07, 6.45) is 7.76. The van der Waals surface area contributed by atoms with Crippen LogP contribution in [0, 0.1) is 0 Å². The summed E-state index contributed by atoms with van der Waals surface area (Å²) < 4.78 is 0. The van der Waals surface area contributed by atoms with Crippen molar-refractivity contribution in [2.75, 3.05) is 42.9 Å². The molecule has 4 nitrogen and oxygen atoms in total. The van der Waals surface area contributed by atoms with Crippen LogP contribution in [-0.2, 0) is 4.79 Å². The zero-order valence-electron chi connectivity index (χ0n) is 13.4. The second-order valence-electron chi connectivity index (χ2n) is 6.63. The first-order chi connectivity index (χ1) is 10.8. The van der Waals surface area contributed by atoms with Gasteiger partial charge in [0.1, 0.15) is 0 Å². The number of carbonyl (C=O) groups is 1. The summed E-state index contributed by atoms with van der Waals surface area (Å²) in [6.45, 7) is 5.20. The third-order valence-corrected chi connectivity index (χ3v) is 4.84. The van der Waals surface area contributed by atoms with Gasteiger partial charge in [0.25, 0.3) is 5.91 Å². The summed E-state index contributed by atoms with van der Waals surface area (Å²) in [5, 5.41) is 3.04. The molecule has 0 bridgehead atoms. The molecule has 120 valence electrons. The van der Waals surface area contributed by atoms with Crippen LogP contribution in [0.1, 0.15) is 38.5 Å². The molecule has 2 aliphatic heterocycles. The summed E-state index contributed by atoms with van der Waals surface area (Å²) in [5.74, 6) is 0.141. The molecule has 2 aliphatic rings. The fraction of sp³-hybridized carbons (Fsp3) is 0.611. The molecule has 1 amide bonds. The maximum Gasteiger partial charge on any atom is 0.279 e. The summed E-state index contributed by atoms with van der Waals surface area (Å²) in [5.41, 5.74) is 2.20. The van der Waals surface area contributed by atoms with Gasteiger partial charge in [-0.3, -0.25) is 4.79 Å². The number of hydrogen-bond acceptors (Lipinski definition) is 2. The zero-order valence-corrected chi connectivity index (χ0v) is 13.4. The van der Waals surface area contributed by atoms with Crippen molar-refractivity contribution in [2.45, 2.75) is 38.5 Å². The monoisotopic (exact) mass is 302 g/mol. The lowest BCUT2D eigenvalue weighted by Gasteiger charge is -2.28. The Hall–Kier alpha value is -1.55. The number of rotatable bonds is 4. The number of likely N-dealkylation sites (tertiary alicyclic amines) is 1. The van der Waals surface area contributed by atoms with Gasteiger partial charge in [-0.1, -0.05) is 0 Å². The minimum atomic E-state index is 0.141. The van der Waals surface area contributed by atoms with E-state index in [2.05, 4.69) is 22.3 Å². The number of benzene rings is 1. The molecule has 22 heavy (non-hydrogen) atoms. The van der Waals surface area contributed by atoms with E-state index in [-0.39, 0.29) is 5.91 Å². The Bertz CT molecular complexity index is 474. The van der Waals surface area contributed by atoms with Gasteiger partial charge < -0.3 is 15.1 Å². The first-order valence-corrected chi connectivity index (χ1v) is 8.80. The Morgan fingerprint density at radius 3 is 2.27 bits per heavy atom. The number of carbonyl (C=O) groups excluding carboxylic acids is 1. The molecule has 0 radical (unpaired) electrons. The summed E-state index contributed by atoms with van der Waals surface area (Å²) in [4.78, 5) is 16.0. The molecule has 2 N–H and O–H groups in total. The average molecular weight is 302 g/mol. The fourth-order valence-corrected chi connectivity index (χ4v) is 3.57. The number of anilines is 2. The van der Waals surface area contributed by atoms with E-state index in [1.54, 1.807) is 0 Å². The second-order valence-corrected chi connectivity index (χ2v) is 6.63. The van der Waals surface area contributed by atoms with E-state index in [1.165, 1.54) is 49.1 Å². The van der Waals surface area contributed by atoms with Gasteiger partial charge in [0, 0.05) is 24.5 Å². The van der Waals surface area contributed by atoms with E-state index >= 15 is 0 Å². The molecule has 0 aromatic heterocycles. The van der Waals surface area contributed by atoms with Gasteiger partial charge in [-0.15, -0.1) is 0 Å². The van der Waals surface area contributed by atoms with E-state index in [1.807, 2.05) is 12.1 Å². The van der Waals surface area contributed by atoms with Gasteiger partial charge in [0.05, 0.1) is 13.1 Å². The Morgan fingerprint density at radius 2 is 1.59 bits per heavy atom. The molecule has 0 saturated carbocycles. The van der Waals surface area contributed by atoms with Gasteiger partial charge in [-0.2, -0.15) is 0 Å². The lowest BCUT2D eigenvalue weighted by molar-refractivity contribution is -0.896. The molecule has 4 heteroatoms. The molecular formula is C18H28N3O+. The van der Waals surface area contributed by atoms with Crippen molar-refractivity contribution in [2.24, 2.45) is 0 Å². The molecule has 0 unspecified atom stereocenters. The predicted octanol–water partition coefficient (Wildman–Crippen LogP) is 1.68. The van der Waals surface area contributed by atoms with E-state index in [0.29, 0.717) is 6.54 Å². The largest absolute Gasteiger partial charge is 0.372 e. The number of amides is 1. The van der Waals surface area contributed by atoms with E-state index < -0.39 is 0 Å². The van der Waals surface area contributed by atoms with Crippen LogP contribution in [-0.4, -0.2) is 38.6 Å². The van der Waals surface area contributed by atoms with Crippen LogP contribution in [0.5, 0.6) is 0 Å². The molecular weight excluding hydrogens is 274 g/mol. The summed E-state index contributed by atoms with van der Waals surface area (Å²) >= 11 is 0. The predicted molar refractivity (Wildman–Crippen MR) is 90.6 cm³/mol. The van der Waals surface area contributed by atoms with Crippen molar-refractivity contribution in [3.8, 4) is 0 Å². The molecule has 1 aromatic carbocycles. The van der Waals surface area contributed by atoms with E-state index in [0.717, 1.165) is 31.9 Å². The van der Waals surface area contributed by atoms with Crippen molar-refractivity contribution in [3.05, 3.63) is 24.3 Å². The minimum absolute atomic E-state index is 0.141. The summed E-state index contributed by atoms with van der Waals surface area (Å²) in [6, 6.07) is 8.34. The van der Waals surface area contributed by atoms with Crippen molar-refractivity contribution >= 4 is 17.3 Å². The maximum absolute atomic E-state index is 12.1. The highest BCUT2D eigenvalue weighted by atomic mass is 16.2. The number of hydrogen-bond donors (Lipinski definition) is 2. The SMILES string of the molecule is O=C(C[NH+]1CCCCC1)Nc1ccc(N2CCCCC2)cc1. The maximum atomic E-state index is 12.1. The fourth-order valence-electron chi connectivity index (χ4n) is 3.57. The molecule has 3 rings (SSSR count). The van der Waals surface area contributed by atoms with Gasteiger partial charge >= 0.3 is 0 Å². The van der Waals surface area contributed by atoms with Crippen molar-refractivity contribution in [1.82, 2.24) is 0 Å². The molecule has 0 spiro atoms. The minimum Gasteiger partial charge on any atom is -0.372 e. The topological polar surface area (TPSA) is 36.8 Å². The van der Waals surface area contributed by atoms with Crippen LogP contribution in [0.3, 0.4) is 0 Å². The van der Waals surface area contributed by atoms with Gasteiger partial charge in [-0.05, 0) is 62.8 Å². The third-order valence-electron chi connectivity index (χ3n) is 4.84. The van der Waals surface area contributed by atoms with Crippen molar-refractivity contribution < 1.29 is 9.69 Å². The molecule has 1 aromatic rings. The highest BCUT2D eigenvalue weighted by Gasteiger charge is 2.17. The average Bonchev–Trinajstić information content (AvgIpc) is 2.57. The first kappa shape index (κ1) is 15.3. The highest BCUT2D eigenvalue weighted by Crippen LogP contribution is 2.21. The van der Waals surface area contributed by atoms with E-state index in [4.69, 9.17) is 0 Å². The second kappa shape index (κ2) is 7.63. The smallest absolute Gasteiger partial charge is 0.279 e. The lowest BCUT2D eigenvalue weighted by Crippen LogP contribution is -3.13. The van der Waals surface area contributed by atoms with Crippen LogP contribution in [0.4, 0.5) is 11.4 Å².